The van der Waals surface area contributed by atoms with Gasteiger partial charge in [-0.15, -0.1) is 11.3 Å². The minimum Gasteiger partial charge on any atom is -0.319 e. The first-order valence-corrected chi connectivity index (χ1v) is 8.11. The van der Waals surface area contributed by atoms with Gasteiger partial charge in [0.05, 0.1) is 11.2 Å². The van der Waals surface area contributed by atoms with E-state index < -0.39 is 0 Å². The monoisotopic (exact) mass is 254 g/mol. The lowest BCUT2D eigenvalue weighted by Crippen LogP contribution is -2.41. The number of aromatic nitrogens is 1. The zero-order valence-corrected chi connectivity index (χ0v) is 11.1. The van der Waals surface area contributed by atoms with E-state index in [1.54, 1.807) is 0 Å². The lowest BCUT2D eigenvalue weighted by atomic mass is 9.97. The van der Waals surface area contributed by atoms with Gasteiger partial charge in [0.1, 0.15) is 5.01 Å². The molecule has 1 aliphatic carbocycles. The summed E-state index contributed by atoms with van der Waals surface area (Å²) in [5.41, 5.74) is 7.75. The maximum Gasteiger partial charge on any atom is 0.114 e. The maximum atomic E-state index is 6.52. The molecule has 4 heteroatoms. The fourth-order valence-electron chi connectivity index (χ4n) is 2.55. The van der Waals surface area contributed by atoms with Crippen molar-refractivity contribution in [3.05, 3.63) is 15.6 Å². The van der Waals surface area contributed by atoms with Crippen LogP contribution in [0, 0.1) is 0 Å². The average Bonchev–Trinajstić information content (AvgIpc) is 2.74. The second-order valence-corrected chi connectivity index (χ2v) is 7.10. The molecule has 1 fully saturated rings. The molecule has 1 aromatic rings. The number of nitrogens with zero attached hydrogens (tertiary/aromatic N) is 1. The zero-order chi connectivity index (χ0) is 11.0. The predicted octanol–water partition coefficient (Wildman–Crippen LogP) is 2.70. The van der Waals surface area contributed by atoms with Crippen molar-refractivity contribution in [2.24, 2.45) is 5.73 Å². The second-order valence-electron chi connectivity index (χ2n) is 4.91. The van der Waals surface area contributed by atoms with Crippen LogP contribution in [0.1, 0.15) is 41.3 Å². The zero-order valence-electron chi connectivity index (χ0n) is 9.50. The second kappa shape index (κ2) is 4.31. The van der Waals surface area contributed by atoms with Crippen LogP contribution >= 0.6 is 23.1 Å². The Balaban J connectivity index is 1.90. The average molecular weight is 254 g/mol. The third-order valence-electron chi connectivity index (χ3n) is 3.54. The quantitative estimate of drug-likeness (QED) is 0.837. The Morgan fingerprint density at radius 1 is 1.19 bits per heavy atom. The van der Waals surface area contributed by atoms with Gasteiger partial charge in [-0.1, -0.05) is 0 Å². The molecule has 16 heavy (non-hydrogen) atoms. The van der Waals surface area contributed by atoms with Crippen molar-refractivity contribution >= 4 is 23.1 Å². The Morgan fingerprint density at radius 3 is 2.81 bits per heavy atom. The van der Waals surface area contributed by atoms with Crippen LogP contribution < -0.4 is 5.73 Å². The lowest BCUT2D eigenvalue weighted by Gasteiger charge is -2.30. The molecule has 1 saturated heterocycles. The van der Waals surface area contributed by atoms with Gasteiger partial charge in [-0.3, -0.25) is 0 Å². The standard InChI is InChI=1S/C12H18N2S2/c13-12(6-3-7-15-8-12)11-14-9-4-1-2-5-10(9)16-11/h1-8,13H2. The summed E-state index contributed by atoms with van der Waals surface area (Å²) in [7, 11) is 0. The predicted molar refractivity (Wildman–Crippen MR) is 71.2 cm³/mol. The first-order valence-electron chi connectivity index (χ1n) is 6.14. The molecule has 2 aliphatic rings. The van der Waals surface area contributed by atoms with Crippen LogP contribution in [0.15, 0.2) is 0 Å². The third-order valence-corrected chi connectivity index (χ3v) is 6.22. The van der Waals surface area contributed by atoms with Crippen LogP contribution in [-0.4, -0.2) is 16.5 Å². The van der Waals surface area contributed by atoms with Crippen LogP contribution in [0.3, 0.4) is 0 Å². The van der Waals surface area contributed by atoms with E-state index in [-0.39, 0.29) is 5.54 Å². The van der Waals surface area contributed by atoms with Crippen LogP contribution in [0.5, 0.6) is 0 Å². The Kier molecular flexibility index (Phi) is 2.98. The van der Waals surface area contributed by atoms with Gasteiger partial charge in [0.15, 0.2) is 0 Å². The largest absolute Gasteiger partial charge is 0.319 e. The normalized spacial score (nSPS) is 30.1. The molecule has 3 rings (SSSR count). The highest BCUT2D eigenvalue weighted by Crippen LogP contribution is 2.38. The molecular formula is C12H18N2S2. The molecule has 0 saturated carbocycles. The van der Waals surface area contributed by atoms with Crippen LogP contribution in [-0.2, 0) is 18.4 Å². The molecule has 88 valence electrons. The maximum absolute atomic E-state index is 6.52. The van der Waals surface area contributed by atoms with E-state index in [2.05, 4.69) is 0 Å². The minimum atomic E-state index is -0.120. The van der Waals surface area contributed by atoms with Crippen molar-refractivity contribution in [3.8, 4) is 0 Å². The number of rotatable bonds is 1. The van der Waals surface area contributed by atoms with Gasteiger partial charge in [0.25, 0.3) is 0 Å². The molecule has 2 N–H and O–H groups in total. The molecule has 0 spiro atoms. The molecule has 0 radical (unpaired) electrons. The smallest absolute Gasteiger partial charge is 0.114 e. The van der Waals surface area contributed by atoms with E-state index in [0.29, 0.717) is 0 Å². The van der Waals surface area contributed by atoms with Crippen molar-refractivity contribution in [1.82, 2.24) is 4.98 Å². The Labute approximate surface area is 105 Å². The third kappa shape index (κ3) is 1.91. The molecule has 1 aromatic heterocycles. The van der Waals surface area contributed by atoms with Crippen molar-refractivity contribution in [2.45, 2.75) is 44.1 Å². The van der Waals surface area contributed by atoms with E-state index in [1.807, 2.05) is 23.1 Å². The van der Waals surface area contributed by atoms with E-state index in [1.165, 1.54) is 53.4 Å². The van der Waals surface area contributed by atoms with Gasteiger partial charge in [-0.25, -0.2) is 4.98 Å². The number of fused-ring (bicyclic) bond motifs is 1. The SMILES string of the molecule is NC1(c2nc3c(s2)CCCC3)CCCSC1. The van der Waals surface area contributed by atoms with Crippen LogP contribution in [0.25, 0.3) is 0 Å². The van der Waals surface area contributed by atoms with Crippen LogP contribution in [0.4, 0.5) is 0 Å². The number of thiazole rings is 1. The molecule has 2 heterocycles. The highest BCUT2D eigenvalue weighted by atomic mass is 32.2. The summed E-state index contributed by atoms with van der Waals surface area (Å²) in [6, 6.07) is 0. The number of hydrogen-bond acceptors (Lipinski definition) is 4. The van der Waals surface area contributed by atoms with Gasteiger partial charge < -0.3 is 5.73 Å². The molecule has 0 amide bonds. The molecule has 0 bridgehead atoms. The molecule has 1 unspecified atom stereocenters. The van der Waals surface area contributed by atoms with E-state index >= 15 is 0 Å². The Morgan fingerprint density at radius 2 is 2.06 bits per heavy atom. The summed E-state index contributed by atoms with van der Waals surface area (Å²) in [5.74, 6) is 2.32. The highest BCUT2D eigenvalue weighted by molar-refractivity contribution is 7.99. The molecule has 2 nitrogen and oxygen atoms in total. The van der Waals surface area contributed by atoms with Crippen molar-refractivity contribution in [1.29, 1.82) is 0 Å². The minimum absolute atomic E-state index is 0.120. The molecular weight excluding hydrogens is 236 g/mol. The van der Waals surface area contributed by atoms with Gasteiger partial charge in [0.2, 0.25) is 0 Å². The summed E-state index contributed by atoms with van der Waals surface area (Å²) < 4.78 is 0. The van der Waals surface area contributed by atoms with Crippen molar-refractivity contribution < 1.29 is 0 Å². The molecule has 0 aromatic carbocycles. The summed E-state index contributed by atoms with van der Waals surface area (Å²) in [4.78, 5) is 6.34. The topological polar surface area (TPSA) is 38.9 Å². The molecule has 1 atom stereocenters. The number of thioether (sulfide) groups is 1. The Bertz CT molecular complexity index is 357. The first-order chi connectivity index (χ1) is 7.78. The van der Waals surface area contributed by atoms with Gasteiger partial charge >= 0.3 is 0 Å². The van der Waals surface area contributed by atoms with Gasteiger partial charge in [-0.2, -0.15) is 11.8 Å². The summed E-state index contributed by atoms with van der Waals surface area (Å²) in [6.07, 6.45) is 7.41. The Hall–Kier alpha value is -0.0600. The lowest BCUT2D eigenvalue weighted by molar-refractivity contribution is 0.443. The van der Waals surface area contributed by atoms with E-state index in [9.17, 15) is 0 Å². The van der Waals surface area contributed by atoms with Gasteiger partial charge in [0, 0.05) is 10.6 Å². The van der Waals surface area contributed by atoms with Crippen molar-refractivity contribution in [2.75, 3.05) is 11.5 Å². The van der Waals surface area contributed by atoms with Crippen LogP contribution in [0.2, 0.25) is 0 Å². The summed E-state index contributed by atoms with van der Waals surface area (Å²) >= 11 is 3.88. The summed E-state index contributed by atoms with van der Waals surface area (Å²) in [5, 5.41) is 1.21. The van der Waals surface area contributed by atoms with Crippen molar-refractivity contribution in [3.63, 3.8) is 0 Å². The fraction of sp³-hybridized carbons (Fsp3) is 0.750. The van der Waals surface area contributed by atoms with Gasteiger partial charge in [-0.05, 0) is 44.3 Å². The summed E-state index contributed by atoms with van der Waals surface area (Å²) in [6.45, 7) is 0. The fourth-order valence-corrected chi connectivity index (χ4v) is 5.06. The van der Waals surface area contributed by atoms with E-state index in [0.717, 1.165) is 12.2 Å². The van der Waals surface area contributed by atoms with E-state index in [4.69, 9.17) is 10.7 Å². The number of aryl methyl sites for hydroxylation is 2. The highest BCUT2D eigenvalue weighted by Gasteiger charge is 2.34. The first kappa shape index (κ1) is 11.1. The molecule has 1 aliphatic heterocycles. The number of hydrogen-bond donors (Lipinski definition) is 1. The number of nitrogens with two attached hydrogens (primary N) is 1.